The van der Waals surface area contributed by atoms with Gasteiger partial charge in [0.2, 0.25) is 5.91 Å². The van der Waals surface area contributed by atoms with Gasteiger partial charge >= 0.3 is 0 Å². The molecule has 2 fully saturated rings. The van der Waals surface area contributed by atoms with Crippen molar-refractivity contribution in [2.45, 2.75) is 51.5 Å². The average Bonchev–Trinajstić information content (AvgIpc) is 2.65. The van der Waals surface area contributed by atoms with E-state index in [9.17, 15) is 4.79 Å². The first-order valence-corrected chi connectivity index (χ1v) is 9.89. The summed E-state index contributed by atoms with van der Waals surface area (Å²) < 4.78 is 5.36. The van der Waals surface area contributed by atoms with E-state index in [-0.39, 0.29) is 36.4 Å². The third kappa shape index (κ3) is 9.91. The van der Waals surface area contributed by atoms with E-state index in [0.29, 0.717) is 6.04 Å². The summed E-state index contributed by atoms with van der Waals surface area (Å²) in [6, 6.07) is 0.348. The number of carbonyl (C=O) groups excluding carboxylic acids is 1. The van der Waals surface area contributed by atoms with Crippen molar-refractivity contribution in [3.8, 4) is 0 Å². The maximum Gasteiger partial charge on any atom is 0.242 e. The first-order valence-electron chi connectivity index (χ1n) is 9.89. The van der Waals surface area contributed by atoms with Crippen LogP contribution in [0.15, 0.2) is 4.99 Å². The lowest BCUT2D eigenvalue weighted by Crippen LogP contribution is -2.42. The second-order valence-corrected chi connectivity index (χ2v) is 6.83. The van der Waals surface area contributed by atoms with E-state index in [4.69, 9.17) is 4.74 Å². The molecule has 7 nitrogen and oxygen atoms in total. The molecule has 1 aliphatic heterocycles. The fourth-order valence-corrected chi connectivity index (χ4v) is 3.35. The molecule has 0 radical (unpaired) electrons. The number of aliphatic imine (C=N–C) groups is 1. The topological polar surface area (TPSA) is 78.0 Å². The van der Waals surface area contributed by atoms with Crippen LogP contribution in [0.5, 0.6) is 0 Å². The Bertz CT molecular complexity index is 410. The Labute approximate surface area is 175 Å². The number of hydrogen-bond acceptors (Lipinski definition) is 4. The van der Waals surface area contributed by atoms with Crippen LogP contribution in [0.2, 0.25) is 0 Å². The number of ether oxygens (including phenoxy) is 1. The van der Waals surface area contributed by atoms with Gasteiger partial charge in [-0.1, -0.05) is 19.3 Å². The molecule has 1 amide bonds. The Balaban J connectivity index is 0.00000338. The van der Waals surface area contributed by atoms with E-state index in [0.717, 1.165) is 71.2 Å². The van der Waals surface area contributed by atoms with Gasteiger partial charge in [-0.2, -0.15) is 0 Å². The number of nitrogens with one attached hydrogen (secondary N) is 3. The summed E-state index contributed by atoms with van der Waals surface area (Å²) in [4.78, 5) is 18.9. The molecule has 26 heavy (non-hydrogen) atoms. The SMILES string of the molecule is CCNC(=NCC(=O)NC1CCCCC1)NCCCN1CCOCC1.I. The first-order chi connectivity index (χ1) is 12.3. The number of morpholine rings is 1. The lowest BCUT2D eigenvalue weighted by Gasteiger charge is -2.26. The number of rotatable bonds is 8. The van der Waals surface area contributed by atoms with Crippen molar-refractivity contribution in [1.29, 1.82) is 0 Å². The average molecular weight is 481 g/mol. The molecular formula is C18H36IN5O2. The van der Waals surface area contributed by atoms with Crippen LogP contribution in [0.25, 0.3) is 0 Å². The van der Waals surface area contributed by atoms with Gasteiger partial charge in [0, 0.05) is 32.2 Å². The minimum atomic E-state index is 0. The molecular weight excluding hydrogens is 445 g/mol. The van der Waals surface area contributed by atoms with Crippen molar-refractivity contribution < 1.29 is 9.53 Å². The van der Waals surface area contributed by atoms with Gasteiger partial charge in [-0.3, -0.25) is 9.69 Å². The lowest BCUT2D eigenvalue weighted by atomic mass is 9.95. The van der Waals surface area contributed by atoms with Crippen molar-refractivity contribution in [2.24, 2.45) is 4.99 Å². The molecule has 0 bridgehead atoms. The number of nitrogens with zero attached hydrogens (tertiary/aromatic N) is 2. The normalized spacial score (nSPS) is 19.5. The smallest absolute Gasteiger partial charge is 0.242 e. The summed E-state index contributed by atoms with van der Waals surface area (Å²) in [5.41, 5.74) is 0. The highest BCUT2D eigenvalue weighted by molar-refractivity contribution is 14.0. The van der Waals surface area contributed by atoms with Crippen LogP contribution in [0.1, 0.15) is 45.4 Å². The Morgan fingerprint density at radius 2 is 1.88 bits per heavy atom. The van der Waals surface area contributed by atoms with Gasteiger partial charge in [0.05, 0.1) is 13.2 Å². The fourth-order valence-electron chi connectivity index (χ4n) is 3.35. The Kier molecular flexibility index (Phi) is 13.0. The molecule has 0 atom stereocenters. The predicted molar refractivity (Wildman–Crippen MR) is 116 cm³/mol. The van der Waals surface area contributed by atoms with E-state index in [2.05, 4.69) is 25.8 Å². The van der Waals surface area contributed by atoms with E-state index < -0.39 is 0 Å². The maximum absolute atomic E-state index is 12.1. The minimum Gasteiger partial charge on any atom is -0.379 e. The number of hydrogen-bond donors (Lipinski definition) is 3. The molecule has 1 heterocycles. The Hall–Kier alpha value is -0.610. The zero-order valence-electron chi connectivity index (χ0n) is 16.1. The minimum absolute atomic E-state index is 0. The van der Waals surface area contributed by atoms with E-state index in [1.54, 1.807) is 0 Å². The summed E-state index contributed by atoms with van der Waals surface area (Å²) >= 11 is 0. The standard InChI is InChI=1S/C18H35N5O2.HI/c1-2-19-18(20-9-6-10-23-11-13-25-14-12-23)21-15-17(24)22-16-7-4-3-5-8-16;/h16H,2-15H2,1H3,(H,22,24)(H2,19,20,21);1H. The van der Waals surface area contributed by atoms with E-state index >= 15 is 0 Å². The quantitative estimate of drug-likeness (QED) is 0.211. The third-order valence-corrected chi connectivity index (χ3v) is 4.74. The highest BCUT2D eigenvalue weighted by atomic mass is 127. The number of halogens is 1. The van der Waals surface area contributed by atoms with Crippen molar-refractivity contribution in [3.05, 3.63) is 0 Å². The van der Waals surface area contributed by atoms with Crippen LogP contribution in [0.4, 0.5) is 0 Å². The second-order valence-electron chi connectivity index (χ2n) is 6.83. The highest BCUT2D eigenvalue weighted by Gasteiger charge is 2.15. The molecule has 1 saturated heterocycles. The van der Waals surface area contributed by atoms with Crippen molar-refractivity contribution in [2.75, 3.05) is 52.5 Å². The highest BCUT2D eigenvalue weighted by Crippen LogP contribution is 2.17. The van der Waals surface area contributed by atoms with Crippen LogP contribution < -0.4 is 16.0 Å². The van der Waals surface area contributed by atoms with Crippen LogP contribution >= 0.6 is 24.0 Å². The van der Waals surface area contributed by atoms with Crippen molar-refractivity contribution in [1.82, 2.24) is 20.9 Å². The molecule has 0 aromatic rings. The Morgan fingerprint density at radius 3 is 2.58 bits per heavy atom. The lowest BCUT2D eigenvalue weighted by molar-refractivity contribution is -0.120. The molecule has 0 spiro atoms. The van der Waals surface area contributed by atoms with Crippen LogP contribution in [0.3, 0.4) is 0 Å². The van der Waals surface area contributed by atoms with Crippen LogP contribution in [0, 0.1) is 0 Å². The zero-order valence-corrected chi connectivity index (χ0v) is 18.4. The van der Waals surface area contributed by atoms with Gasteiger partial charge in [-0.05, 0) is 32.7 Å². The molecule has 152 valence electrons. The molecule has 2 aliphatic rings. The summed E-state index contributed by atoms with van der Waals surface area (Å²) in [6.45, 7) is 8.67. The maximum atomic E-state index is 12.1. The summed E-state index contributed by atoms with van der Waals surface area (Å²) in [6.07, 6.45) is 7.01. The molecule has 1 aliphatic carbocycles. The van der Waals surface area contributed by atoms with Gasteiger partial charge in [0.1, 0.15) is 6.54 Å². The van der Waals surface area contributed by atoms with Gasteiger partial charge in [-0.15, -0.1) is 24.0 Å². The van der Waals surface area contributed by atoms with E-state index in [1.165, 1.54) is 19.3 Å². The molecule has 0 aromatic heterocycles. The Morgan fingerprint density at radius 1 is 1.15 bits per heavy atom. The molecule has 8 heteroatoms. The summed E-state index contributed by atoms with van der Waals surface area (Å²) in [5, 5.41) is 9.63. The third-order valence-electron chi connectivity index (χ3n) is 4.74. The largest absolute Gasteiger partial charge is 0.379 e. The molecule has 1 saturated carbocycles. The number of carbonyl (C=O) groups is 1. The first kappa shape index (κ1) is 23.4. The molecule has 0 unspecified atom stereocenters. The fraction of sp³-hybridized carbons (Fsp3) is 0.889. The van der Waals surface area contributed by atoms with Crippen molar-refractivity contribution >= 4 is 35.8 Å². The van der Waals surface area contributed by atoms with Gasteiger partial charge in [0.25, 0.3) is 0 Å². The monoisotopic (exact) mass is 481 g/mol. The summed E-state index contributed by atoms with van der Waals surface area (Å²) in [7, 11) is 0. The van der Waals surface area contributed by atoms with Gasteiger partial charge in [0.15, 0.2) is 5.96 Å². The predicted octanol–water partition coefficient (Wildman–Crippen LogP) is 1.33. The molecule has 3 N–H and O–H groups in total. The van der Waals surface area contributed by atoms with Gasteiger partial charge in [-0.25, -0.2) is 4.99 Å². The number of amides is 1. The number of guanidine groups is 1. The molecule has 2 rings (SSSR count). The van der Waals surface area contributed by atoms with Crippen LogP contribution in [-0.2, 0) is 9.53 Å². The zero-order chi connectivity index (χ0) is 17.7. The van der Waals surface area contributed by atoms with Crippen molar-refractivity contribution in [3.63, 3.8) is 0 Å². The van der Waals surface area contributed by atoms with Gasteiger partial charge < -0.3 is 20.7 Å². The van der Waals surface area contributed by atoms with Crippen LogP contribution in [-0.4, -0.2) is 75.3 Å². The summed E-state index contributed by atoms with van der Waals surface area (Å²) in [5.74, 6) is 0.751. The van der Waals surface area contributed by atoms with E-state index in [1.807, 2.05) is 6.92 Å². The second kappa shape index (κ2) is 14.4. The molecule has 0 aromatic carbocycles.